The van der Waals surface area contributed by atoms with Crippen molar-refractivity contribution in [1.29, 1.82) is 0 Å². The van der Waals surface area contributed by atoms with Gasteiger partial charge in [0.25, 0.3) is 0 Å². The van der Waals surface area contributed by atoms with Crippen LogP contribution in [0.15, 0.2) is 36.4 Å². The largest absolute Gasteiger partial charge is 0.507 e. The van der Waals surface area contributed by atoms with Gasteiger partial charge in [-0.15, -0.1) is 0 Å². The van der Waals surface area contributed by atoms with E-state index in [2.05, 4.69) is 89.4 Å². The Balaban J connectivity index is 1.66. The molecule has 152 valence electrons. The van der Waals surface area contributed by atoms with E-state index in [0.29, 0.717) is 17.6 Å². The smallest absolute Gasteiger partial charge is 0.199 e. The maximum Gasteiger partial charge on any atom is 0.199 e. The van der Waals surface area contributed by atoms with E-state index in [4.69, 9.17) is 9.47 Å². The lowest BCUT2D eigenvalue weighted by atomic mass is 9.84. The highest BCUT2D eigenvalue weighted by Crippen LogP contribution is 2.39. The fourth-order valence-electron chi connectivity index (χ4n) is 3.80. The summed E-state index contributed by atoms with van der Waals surface area (Å²) in [6.07, 6.45) is 5.17. The molecule has 2 aromatic carbocycles. The first kappa shape index (κ1) is 22.2. The lowest BCUT2D eigenvalue weighted by Crippen LogP contribution is -2.24. The van der Waals surface area contributed by atoms with E-state index in [1.807, 2.05) is 6.07 Å². The molecule has 3 atom stereocenters. The van der Waals surface area contributed by atoms with Crippen molar-refractivity contribution in [2.45, 2.75) is 64.1 Å². The zero-order valence-corrected chi connectivity index (χ0v) is 20.8. The topological polar surface area (TPSA) is 38.7 Å². The Kier molecular flexibility index (Phi) is 8.29. The summed E-state index contributed by atoms with van der Waals surface area (Å²) in [6.45, 7) is 5.26. The minimum atomic E-state index is -0.104. The van der Waals surface area contributed by atoms with Crippen LogP contribution in [0.25, 0.3) is 0 Å². The van der Waals surface area contributed by atoms with Gasteiger partial charge in [-0.05, 0) is 118 Å². The number of phenolic OH excluding ortho intramolecular Hbond substituents is 1. The third-order valence-electron chi connectivity index (χ3n) is 5.48. The molecule has 0 aliphatic carbocycles. The number of aromatic hydroxyl groups is 1. The number of halogens is 2. The van der Waals surface area contributed by atoms with Crippen molar-refractivity contribution in [3.63, 3.8) is 0 Å². The minimum Gasteiger partial charge on any atom is -0.507 e. The van der Waals surface area contributed by atoms with Crippen LogP contribution in [-0.4, -0.2) is 18.0 Å². The van der Waals surface area contributed by atoms with Gasteiger partial charge in [0.05, 0.1) is 10.2 Å². The quantitative estimate of drug-likeness (QED) is 0.339. The van der Waals surface area contributed by atoms with E-state index in [9.17, 15) is 5.11 Å². The van der Waals surface area contributed by atoms with Crippen molar-refractivity contribution in [3.8, 4) is 11.5 Å². The van der Waals surface area contributed by atoms with Crippen LogP contribution in [0.2, 0.25) is 0 Å². The molecule has 0 spiro atoms. The van der Waals surface area contributed by atoms with Gasteiger partial charge in [-0.1, -0.05) is 26.0 Å². The lowest BCUT2D eigenvalue weighted by Gasteiger charge is -2.24. The Morgan fingerprint density at radius 1 is 1.18 bits per heavy atom. The molecule has 3 unspecified atom stereocenters. The molecule has 3 rings (SSSR count). The molecule has 0 amide bonds. The summed E-state index contributed by atoms with van der Waals surface area (Å²) >= 11 is 4.55. The molecule has 0 aromatic heterocycles. The summed E-state index contributed by atoms with van der Waals surface area (Å²) in [7, 11) is 0. The van der Waals surface area contributed by atoms with E-state index in [-0.39, 0.29) is 6.29 Å². The highest BCUT2D eigenvalue weighted by molar-refractivity contribution is 14.1. The number of benzene rings is 2. The van der Waals surface area contributed by atoms with Crippen LogP contribution in [0.4, 0.5) is 0 Å². The molecule has 0 bridgehead atoms. The molecular weight excluding hydrogens is 578 g/mol. The van der Waals surface area contributed by atoms with Crippen LogP contribution >= 0.6 is 45.2 Å². The third kappa shape index (κ3) is 5.75. The molecule has 1 N–H and O–H groups in total. The first-order chi connectivity index (χ1) is 13.5. The second-order valence-corrected chi connectivity index (χ2v) is 9.96. The van der Waals surface area contributed by atoms with Gasteiger partial charge < -0.3 is 14.6 Å². The molecule has 0 radical (unpaired) electrons. The van der Waals surface area contributed by atoms with Gasteiger partial charge in [-0.3, -0.25) is 0 Å². The summed E-state index contributed by atoms with van der Waals surface area (Å²) in [6, 6.07) is 12.6. The Bertz CT molecular complexity index is 770. The standard InChI is InChI=1S/C23H28I2O3/c1-3-16(20-13-18(24)14-21(25)23(20)26)12-15(2)17-7-9-19(10-8-17)28-22-6-4-5-11-27-22/h7-10,13-16,22,26H,3-6,11-12H2,1-2H3. The van der Waals surface area contributed by atoms with E-state index in [1.54, 1.807) is 0 Å². The number of hydrogen-bond donors (Lipinski definition) is 1. The van der Waals surface area contributed by atoms with Gasteiger partial charge in [0.15, 0.2) is 6.29 Å². The first-order valence-corrected chi connectivity index (χ1v) is 12.2. The van der Waals surface area contributed by atoms with Gasteiger partial charge in [0, 0.05) is 9.99 Å². The second-order valence-electron chi connectivity index (χ2n) is 7.55. The zero-order valence-electron chi connectivity index (χ0n) is 16.5. The summed E-state index contributed by atoms with van der Waals surface area (Å²) in [5, 5.41) is 10.6. The third-order valence-corrected chi connectivity index (χ3v) is 6.93. The second kappa shape index (κ2) is 10.5. The Labute approximate surface area is 195 Å². The Morgan fingerprint density at radius 2 is 1.93 bits per heavy atom. The van der Waals surface area contributed by atoms with E-state index in [0.717, 1.165) is 47.2 Å². The van der Waals surface area contributed by atoms with Crippen molar-refractivity contribution in [1.82, 2.24) is 0 Å². The van der Waals surface area contributed by atoms with Crippen molar-refractivity contribution in [2.24, 2.45) is 0 Å². The average molecular weight is 606 g/mol. The van der Waals surface area contributed by atoms with Crippen LogP contribution in [0.3, 0.4) is 0 Å². The maximum atomic E-state index is 10.6. The average Bonchev–Trinajstić information content (AvgIpc) is 2.70. The van der Waals surface area contributed by atoms with E-state index >= 15 is 0 Å². The van der Waals surface area contributed by atoms with Crippen LogP contribution in [0.1, 0.15) is 68.9 Å². The predicted molar refractivity (Wildman–Crippen MR) is 130 cm³/mol. The van der Waals surface area contributed by atoms with E-state index in [1.165, 1.54) is 15.6 Å². The fraction of sp³-hybridized carbons (Fsp3) is 0.478. The molecule has 1 aliphatic heterocycles. The SMILES string of the molecule is CCC(CC(C)c1ccc(OC2CCCCO2)cc1)c1cc(I)cc(I)c1O. The molecule has 1 saturated heterocycles. The van der Waals surface area contributed by atoms with Crippen molar-refractivity contribution in [3.05, 3.63) is 54.7 Å². The summed E-state index contributed by atoms with van der Waals surface area (Å²) < 4.78 is 13.7. The van der Waals surface area contributed by atoms with Gasteiger partial charge >= 0.3 is 0 Å². The van der Waals surface area contributed by atoms with Crippen molar-refractivity contribution >= 4 is 45.2 Å². The van der Waals surface area contributed by atoms with Crippen LogP contribution in [0, 0.1) is 7.14 Å². The van der Waals surface area contributed by atoms with Crippen LogP contribution in [0.5, 0.6) is 11.5 Å². The Morgan fingerprint density at radius 3 is 2.57 bits per heavy atom. The summed E-state index contributed by atoms with van der Waals surface area (Å²) in [4.78, 5) is 0. The van der Waals surface area contributed by atoms with Crippen LogP contribution < -0.4 is 4.74 Å². The molecule has 0 saturated carbocycles. The molecule has 1 heterocycles. The predicted octanol–water partition coefficient (Wildman–Crippen LogP) is 7.19. The molecule has 5 heteroatoms. The summed E-state index contributed by atoms with van der Waals surface area (Å²) in [5.41, 5.74) is 2.37. The molecule has 3 nitrogen and oxygen atoms in total. The van der Waals surface area contributed by atoms with Gasteiger partial charge in [0.1, 0.15) is 11.5 Å². The molecular formula is C23H28I2O3. The maximum absolute atomic E-state index is 10.6. The van der Waals surface area contributed by atoms with Gasteiger partial charge in [-0.2, -0.15) is 0 Å². The van der Waals surface area contributed by atoms with Crippen molar-refractivity contribution < 1.29 is 14.6 Å². The number of ether oxygens (including phenoxy) is 2. The van der Waals surface area contributed by atoms with Crippen LogP contribution in [-0.2, 0) is 4.74 Å². The molecule has 28 heavy (non-hydrogen) atoms. The monoisotopic (exact) mass is 606 g/mol. The number of phenols is 1. The zero-order chi connectivity index (χ0) is 20.1. The normalized spacial score (nSPS) is 19.2. The van der Waals surface area contributed by atoms with Gasteiger partial charge in [0.2, 0.25) is 0 Å². The van der Waals surface area contributed by atoms with Crippen molar-refractivity contribution in [2.75, 3.05) is 6.61 Å². The molecule has 1 aliphatic rings. The molecule has 2 aromatic rings. The Hall–Kier alpha value is -0.540. The molecule has 1 fully saturated rings. The van der Waals surface area contributed by atoms with Gasteiger partial charge in [-0.25, -0.2) is 0 Å². The first-order valence-electron chi connectivity index (χ1n) is 10.0. The minimum absolute atomic E-state index is 0.104. The highest BCUT2D eigenvalue weighted by atomic mass is 127. The summed E-state index contributed by atoms with van der Waals surface area (Å²) in [5.74, 6) is 2.06. The van der Waals surface area contributed by atoms with E-state index < -0.39 is 0 Å². The number of rotatable bonds is 7. The highest BCUT2D eigenvalue weighted by Gasteiger charge is 2.20. The lowest BCUT2D eigenvalue weighted by molar-refractivity contribution is -0.105. The fourth-order valence-corrected chi connectivity index (χ4v) is 5.69. The number of hydrogen-bond acceptors (Lipinski definition) is 3.